The van der Waals surface area contributed by atoms with Gasteiger partial charge in [0.15, 0.2) is 5.78 Å². The Hall–Kier alpha value is -0.570. The van der Waals surface area contributed by atoms with Crippen LogP contribution in [0.15, 0.2) is 18.2 Å². The third kappa shape index (κ3) is 2.97. The zero-order chi connectivity index (χ0) is 12.1. The summed E-state index contributed by atoms with van der Waals surface area (Å²) in [7, 11) is 1.50. The van der Waals surface area contributed by atoms with E-state index >= 15 is 0 Å². The fraction of sp³-hybridized carbons (Fsp3) is 0.417. The van der Waals surface area contributed by atoms with E-state index in [1.165, 1.54) is 7.11 Å². The molecule has 0 spiro atoms. The van der Waals surface area contributed by atoms with Gasteiger partial charge in [-0.05, 0) is 12.5 Å². The van der Waals surface area contributed by atoms with Gasteiger partial charge in [0.2, 0.25) is 0 Å². The van der Waals surface area contributed by atoms with Crippen LogP contribution in [0.1, 0.15) is 31.4 Å². The van der Waals surface area contributed by atoms with Crippen molar-refractivity contribution in [2.75, 3.05) is 7.11 Å². The van der Waals surface area contributed by atoms with Crippen molar-refractivity contribution in [3.63, 3.8) is 0 Å². The van der Waals surface area contributed by atoms with Gasteiger partial charge in [-0.15, -0.1) is 0 Å². The number of hydrogen-bond acceptors (Lipinski definition) is 2. The summed E-state index contributed by atoms with van der Waals surface area (Å²) in [5.74, 6) is 0.0224. The van der Waals surface area contributed by atoms with Crippen LogP contribution in [0.2, 0.25) is 10.0 Å². The molecule has 1 unspecified atom stereocenters. The number of rotatable bonds is 5. The molecule has 0 N–H and O–H groups in total. The van der Waals surface area contributed by atoms with Crippen LogP contribution in [-0.2, 0) is 9.53 Å². The minimum Gasteiger partial charge on any atom is -0.369 e. The quantitative estimate of drug-likeness (QED) is 0.799. The zero-order valence-electron chi connectivity index (χ0n) is 9.30. The number of benzene rings is 1. The normalized spacial score (nSPS) is 12.5. The molecule has 0 heterocycles. The van der Waals surface area contributed by atoms with E-state index in [-0.39, 0.29) is 5.78 Å². The number of carbonyl (C=O) groups excluding carboxylic acids is 1. The summed E-state index contributed by atoms with van der Waals surface area (Å²) in [5, 5.41) is 0.825. The van der Waals surface area contributed by atoms with Crippen molar-refractivity contribution >= 4 is 29.0 Å². The van der Waals surface area contributed by atoms with Gasteiger partial charge >= 0.3 is 0 Å². The van der Waals surface area contributed by atoms with E-state index < -0.39 is 6.10 Å². The summed E-state index contributed by atoms with van der Waals surface area (Å²) in [4.78, 5) is 11.8. The van der Waals surface area contributed by atoms with E-state index in [0.29, 0.717) is 22.0 Å². The van der Waals surface area contributed by atoms with Crippen molar-refractivity contribution in [1.82, 2.24) is 0 Å². The number of ether oxygens (including phenoxy) is 1. The van der Waals surface area contributed by atoms with E-state index in [1.54, 1.807) is 18.2 Å². The Morgan fingerprint density at radius 2 is 2.12 bits per heavy atom. The summed E-state index contributed by atoms with van der Waals surface area (Å²) in [5.41, 5.74) is 0.634. The maximum absolute atomic E-state index is 11.8. The summed E-state index contributed by atoms with van der Waals surface area (Å²) in [6.45, 7) is 1.95. The predicted octanol–water partition coefficient (Wildman–Crippen LogP) is 4.05. The minimum atomic E-state index is -0.619. The molecule has 1 aromatic rings. The fourth-order valence-corrected chi connectivity index (χ4v) is 1.94. The summed E-state index contributed by atoms with van der Waals surface area (Å²) in [6.07, 6.45) is 0.643. The Morgan fingerprint density at radius 1 is 1.44 bits per heavy atom. The van der Waals surface area contributed by atoms with Gasteiger partial charge in [-0.1, -0.05) is 42.3 Å². The van der Waals surface area contributed by atoms with Crippen molar-refractivity contribution < 1.29 is 9.53 Å². The molecule has 0 aliphatic heterocycles. The lowest BCUT2D eigenvalue weighted by Crippen LogP contribution is -2.14. The second-order valence-corrected chi connectivity index (χ2v) is 4.26. The van der Waals surface area contributed by atoms with Crippen LogP contribution in [0, 0.1) is 0 Å². The summed E-state index contributed by atoms with van der Waals surface area (Å²) < 4.78 is 5.19. The van der Waals surface area contributed by atoms with Crippen molar-refractivity contribution in [3.8, 4) is 0 Å². The standard InChI is InChI=1S/C12H14Cl2O2/c1-3-5-10(15)12(16-2)8-6-4-7-9(13)11(8)14/h4,6-7,12H,3,5H2,1-2H3. The largest absolute Gasteiger partial charge is 0.369 e. The van der Waals surface area contributed by atoms with Gasteiger partial charge in [0.05, 0.1) is 10.0 Å². The van der Waals surface area contributed by atoms with Gasteiger partial charge in [-0.2, -0.15) is 0 Å². The monoisotopic (exact) mass is 260 g/mol. The number of methoxy groups -OCH3 is 1. The average Bonchev–Trinajstić information content (AvgIpc) is 2.25. The third-order valence-corrected chi connectivity index (χ3v) is 3.12. The van der Waals surface area contributed by atoms with Crippen molar-refractivity contribution in [2.45, 2.75) is 25.9 Å². The topological polar surface area (TPSA) is 26.3 Å². The molecule has 0 fully saturated rings. The number of halogens is 2. The molecule has 0 aliphatic rings. The van der Waals surface area contributed by atoms with E-state index in [0.717, 1.165) is 6.42 Å². The first kappa shape index (κ1) is 13.5. The first-order valence-corrected chi connectivity index (χ1v) is 5.86. The molecular weight excluding hydrogens is 247 g/mol. The Kier molecular flexibility index (Phi) is 5.26. The van der Waals surface area contributed by atoms with Gasteiger partial charge in [0.1, 0.15) is 6.10 Å². The van der Waals surface area contributed by atoms with Crippen molar-refractivity contribution in [2.24, 2.45) is 0 Å². The molecule has 0 radical (unpaired) electrons. The van der Waals surface area contributed by atoms with Gasteiger partial charge < -0.3 is 4.74 Å². The molecule has 0 aromatic heterocycles. The Bertz CT molecular complexity index is 377. The highest BCUT2D eigenvalue weighted by Crippen LogP contribution is 2.32. The second-order valence-electron chi connectivity index (χ2n) is 3.48. The number of carbonyl (C=O) groups is 1. The second kappa shape index (κ2) is 6.24. The number of ketones is 1. The Labute approximate surface area is 106 Å². The van der Waals surface area contributed by atoms with E-state index in [9.17, 15) is 4.79 Å². The van der Waals surface area contributed by atoms with Crippen LogP contribution in [0.25, 0.3) is 0 Å². The molecule has 0 bridgehead atoms. The van der Waals surface area contributed by atoms with Gasteiger partial charge in [0, 0.05) is 19.1 Å². The molecule has 0 amide bonds. The molecule has 4 heteroatoms. The molecule has 2 nitrogen and oxygen atoms in total. The van der Waals surface area contributed by atoms with Crippen LogP contribution in [-0.4, -0.2) is 12.9 Å². The number of hydrogen-bond donors (Lipinski definition) is 0. The highest BCUT2D eigenvalue weighted by Gasteiger charge is 2.22. The molecule has 16 heavy (non-hydrogen) atoms. The number of Topliss-reactive ketones (excluding diaryl/α,β-unsaturated/α-hetero) is 1. The molecule has 1 aromatic carbocycles. The van der Waals surface area contributed by atoms with E-state index in [2.05, 4.69) is 0 Å². The predicted molar refractivity (Wildman–Crippen MR) is 66.1 cm³/mol. The van der Waals surface area contributed by atoms with Crippen molar-refractivity contribution in [1.29, 1.82) is 0 Å². The molecule has 0 saturated heterocycles. The minimum absolute atomic E-state index is 0.0224. The lowest BCUT2D eigenvalue weighted by Gasteiger charge is -2.16. The summed E-state index contributed by atoms with van der Waals surface area (Å²) in [6, 6.07) is 5.20. The lowest BCUT2D eigenvalue weighted by atomic mass is 10.0. The highest BCUT2D eigenvalue weighted by atomic mass is 35.5. The maximum Gasteiger partial charge on any atom is 0.166 e. The third-order valence-electron chi connectivity index (χ3n) is 2.29. The molecule has 0 aliphatic carbocycles. The smallest absolute Gasteiger partial charge is 0.166 e. The van der Waals surface area contributed by atoms with Gasteiger partial charge in [-0.3, -0.25) is 4.79 Å². The molecular formula is C12H14Cl2O2. The molecule has 1 rings (SSSR count). The molecule has 1 atom stereocenters. The Balaban J connectivity index is 3.04. The first-order valence-electron chi connectivity index (χ1n) is 5.11. The van der Waals surface area contributed by atoms with Gasteiger partial charge in [-0.25, -0.2) is 0 Å². The van der Waals surface area contributed by atoms with E-state index in [4.69, 9.17) is 27.9 Å². The fourth-order valence-electron chi connectivity index (χ4n) is 1.53. The van der Waals surface area contributed by atoms with Crippen molar-refractivity contribution in [3.05, 3.63) is 33.8 Å². The molecule has 88 valence electrons. The summed E-state index contributed by atoms with van der Waals surface area (Å²) >= 11 is 11.9. The van der Waals surface area contributed by atoms with Crippen LogP contribution < -0.4 is 0 Å². The first-order chi connectivity index (χ1) is 7.61. The lowest BCUT2D eigenvalue weighted by molar-refractivity contribution is -0.129. The van der Waals surface area contributed by atoms with E-state index in [1.807, 2.05) is 6.92 Å². The SMILES string of the molecule is CCCC(=O)C(OC)c1cccc(Cl)c1Cl. The Morgan fingerprint density at radius 3 is 2.69 bits per heavy atom. The van der Waals surface area contributed by atoms with Crippen LogP contribution in [0.4, 0.5) is 0 Å². The highest BCUT2D eigenvalue weighted by molar-refractivity contribution is 6.42. The van der Waals surface area contributed by atoms with Gasteiger partial charge in [0.25, 0.3) is 0 Å². The molecule has 0 saturated carbocycles. The van der Waals surface area contributed by atoms with Crippen LogP contribution in [0.5, 0.6) is 0 Å². The average molecular weight is 261 g/mol. The van der Waals surface area contributed by atoms with Crippen LogP contribution >= 0.6 is 23.2 Å². The van der Waals surface area contributed by atoms with Crippen LogP contribution in [0.3, 0.4) is 0 Å². The maximum atomic E-state index is 11.8. The zero-order valence-corrected chi connectivity index (χ0v) is 10.8.